The molecule has 7 nitrogen and oxygen atoms in total. The number of nitrogens with one attached hydrogen (secondary N) is 1. The molecule has 30 heavy (non-hydrogen) atoms. The van der Waals surface area contributed by atoms with Crippen LogP contribution in [-0.4, -0.2) is 46.5 Å². The lowest BCUT2D eigenvalue weighted by molar-refractivity contribution is -0.113. The fraction of sp³-hybridized carbons (Fsp3) is 0.571. The van der Waals surface area contributed by atoms with E-state index in [4.69, 9.17) is 10.5 Å². The third kappa shape index (κ3) is 5.87. The van der Waals surface area contributed by atoms with Gasteiger partial charge in [0.05, 0.1) is 16.0 Å². The summed E-state index contributed by atoms with van der Waals surface area (Å²) >= 11 is 1.15. The first-order chi connectivity index (χ1) is 14.0. The fourth-order valence-electron chi connectivity index (χ4n) is 3.38. The molecule has 166 valence electrons. The van der Waals surface area contributed by atoms with Crippen LogP contribution in [0.5, 0.6) is 0 Å². The van der Waals surface area contributed by atoms with Crippen LogP contribution in [0.2, 0.25) is 0 Å². The number of ether oxygens (including phenoxy) is 1. The molecule has 1 saturated carbocycles. The van der Waals surface area contributed by atoms with Crippen molar-refractivity contribution in [3.63, 3.8) is 0 Å². The SMILES string of the molecule is CN/C=C(\SC(C)N(CC1(c2ncccc2F)CCC1)C(=O)OC(C)(C)C)C(N)=O. The first-order valence-corrected chi connectivity index (χ1v) is 10.8. The van der Waals surface area contributed by atoms with Gasteiger partial charge < -0.3 is 15.8 Å². The zero-order valence-electron chi connectivity index (χ0n) is 18.2. The molecule has 1 aromatic rings. The van der Waals surface area contributed by atoms with Gasteiger partial charge in [0.15, 0.2) is 0 Å². The summed E-state index contributed by atoms with van der Waals surface area (Å²) in [5.41, 5.74) is 4.54. The Balaban J connectivity index is 2.36. The van der Waals surface area contributed by atoms with Crippen LogP contribution < -0.4 is 11.1 Å². The van der Waals surface area contributed by atoms with Crippen molar-refractivity contribution in [1.29, 1.82) is 0 Å². The maximum absolute atomic E-state index is 14.6. The van der Waals surface area contributed by atoms with Crippen LogP contribution in [0.1, 0.15) is 52.7 Å². The zero-order chi connectivity index (χ0) is 22.5. The Morgan fingerprint density at radius 2 is 2.13 bits per heavy atom. The van der Waals surface area contributed by atoms with Crippen molar-refractivity contribution in [2.24, 2.45) is 5.73 Å². The van der Waals surface area contributed by atoms with E-state index in [1.165, 1.54) is 17.2 Å². The Bertz CT molecular complexity index is 806. The van der Waals surface area contributed by atoms with Gasteiger partial charge in [0.1, 0.15) is 11.4 Å². The summed E-state index contributed by atoms with van der Waals surface area (Å²) in [6, 6.07) is 2.94. The predicted molar refractivity (Wildman–Crippen MR) is 116 cm³/mol. The topological polar surface area (TPSA) is 97.6 Å². The Kier molecular flexibility index (Phi) is 7.74. The Morgan fingerprint density at radius 1 is 1.47 bits per heavy atom. The first-order valence-electron chi connectivity index (χ1n) is 9.93. The lowest BCUT2D eigenvalue weighted by Crippen LogP contribution is -2.52. The van der Waals surface area contributed by atoms with Crippen molar-refractivity contribution in [3.05, 3.63) is 40.9 Å². The number of nitrogens with zero attached hydrogens (tertiary/aromatic N) is 2. The van der Waals surface area contributed by atoms with Gasteiger partial charge in [0, 0.05) is 31.4 Å². The number of nitrogens with two attached hydrogens (primary N) is 1. The van der Waals surface area contributed by atoms with Crippen molar-refractivity contribution in [3.8, 4) is 0 Å². The highest BCUT2D eigenvalue weighted by molar-refractivity contribution is 8.04. The largest absolute Gasteiger partial charge is 0.444 e. The van der Waals surface area contributed by atoms with Gasteiger partial charge in [0.25, 0.3) is 5.91 Å². The van der Waals surface area contributed by atoms with Crippen molar-refractivity contribution in [2.45, 2.75) is 63.3 Å². The quantitative estimate of drug-likeness (QED) is 0.476. The number of carbonyl (C=O) groups is 2. The lowest BCUT2D eigenvalue weighted by atomic mass is 9.66. The van der Waals surface area contributed by atoms with E-state index < -0.39 is 28.4 Å². The number of pyridine rings is 1. The normalized spacial score (nSPS) is 16.9. The molecule has 1 unspecified atom stereocenters. The van der Waals surface area contributed by atoms with E-state index in [9.17, 15) is 14.0 Å². The minimum Gasteiger partial charge on any atom is -0.444 e. The summed E-state index contributed by atoms with van der Waals surface area (Å²) < 4.78 is 20.2. The molecular formula is C21H31FN4O3S. The van der Waals surface area contributed by atoms with Gasteiger partial charge in [-0.15, -0.1) is 0 Å². The van der Waals surface area contributed by atoms with Gasteiger partial charge in [-0.05, 0) is 52.7 Å². The van der Waals surface area contributed by atoms with Crippen LogP contribution in [0.3, 0.4) is 0 Å². The third-order valence-electron chi connectivity index (χ3n) is 4.93. The second kappa shape index (κ2) is 9.68. The van der Waals surface area contributed by atoms with E-state index in [-0.39, 0.29) is 17.3 Å². The standard InChI is InChI=1S/C21H31FN4O3S/c1-14(30-16(12-24-5)18(23)27)26(19(28)29-20(2,3)4)13-21(9-7-10-21)17-15(22)8-6-11-25-17/h6,8,11-12,14,24H,7,9-10,13H2,1-5H3,(H2,23,27)/b16-12-. The van der Waals surface area contributed by atoms with Crippen LogP contribution in [0, 0.1) is 5.82 Å². The number of hydrogen-bond donors (Lipinski definition) is 2. The van der Waals surface area contributed by atoms with Crippen molar-refractivity contribution in [2.75, 3.05) is 13.6 Å². The Morgan fingerprint density at radius 3 is 2.60 bits per heavy atom. The molecule has 1 aliphatic carbocycles. The first kappa shape index (κ1) is 24.0. The van der Waals surface area contributed by atoms with Crippen molar-refractivity contribution < 1.29 is 18.7 Å². The van der Waals surface area contributed by atoms with Gasteiger partial charge in [-0.3, -0.25) is 14.7 Å². The van der Waals surface area contributed by atoms with Gasteiger partial charge in [-0.2, -0.15) is 0 Å². The van der Waals surface area contributed by atoms with E-state index in [2.05, 4.69) is 10.3 Å². The molecule has 3 N–H and O–H groups in total. The van der Waals surface area contributed by atoms with Gasteiger partial charge >= 0.3 is 6.09 Å². The molecule has 0 aromatic carbocycles. The van der Waals surface area contributed by atoms with E-state index in [1.807, 2.05) is 0 Å². The molecule has 0 aliphatic heterocycles. The molecule has 9 heteroatoms. The van der Waals surface area contributed by atoms with E-state index in [0.717, 1.165) is 18.2 Å². The van der Waals surface area contributed by atoms with Crippen LogP contribution >= 0.6 is 11.8 Å². The molecule has 1 atom stereocenters. The summed E-state index contributed by atoms with van der Waals surface area (Å²) in [4.78, 5) is 30.9. The monoisotopic (exact) mass is 438 g/mol. The van der Waals surface area contributed by atoms with Crippen molar-refractivity contribution >= 4 is 23.8 Å². The molecule has 0 saturated heterocycles. The van der Waals surface area contributed by atoms with Gasteiger partial charge in [0.2, 0.25) is 0 Å². The predicted octanol–water partition coefficient (Wildman–Crippen LogP) is 3.50. The van der Waals surface area contributed by atoms with Crippen molar-refractivity contribution in [1.82, 2.24) is 15.2 Å². The highest BCUT2D eigenvalue weighted by Gasteiger charge is 2.45. The summed E-state index contributed by atoms with van der Waals surface area (Å²) in [6.07, 6.45) is 4.88. The number of primary amides is 1. The average molecular weight is 439 g/mol. The summed E-state index contributed by atoms with van der Waals surface area (Å²) in [7, 11) is 1.66. The maximum Gasteiger partial charge on any atom is 0.411 e. The number of thioether (sulfide) groups is 1. The van der Waals surface area contributed by atoms with Crippen LogP contribution in [0.25, 0.3) is 0 Å². The molecule has 1 aromatic heterocycles. The second-order valence-corrected chi connectivity index (χ2v) is 9.81. The summed E-state index contributed by atoms with van der Waals surface area (Å²) in [6.45, 7) is 7.38. The Labute approximate surface area is 181 Å². The number of halogens is 1. The summed E-state index contributed by atoms with van der Waals surface area (Å²) in [5.74, 6) is -0.978. The molecule has 1 fully saturated rings. The van der Waals surface area contributed by atoms with E-state index in [0.29, 0.717) is 18.5 Å². The molecule has 2 rings (SSSR count). The van der Waals surface area contributed by atoms with E-state index in [1.54, 1.807) is 47.0 Å². The summed E-state index contributed by atoms with van der Waals surface area (Å²) in [5, 5.41) is 2.31. The minimum atomic E-state index is -0.698. The average Bonchev–Trinajstić information content (AvgIpc) is 2.60. The fourth-order valence-corrected chi connectivity index (χ4v) is 4.34. The highest BCUT2D eigenvalue weighted by Crippen LogP contribution is 2.45. The molecule has 0 bridgehead atoms. The highest BCUT2D eigenvalue weighted by atomic mass is 32.2. The van der Waals surface area contributed by atoms with Gasteiger partial charge in [-0.25, -0.2) is 9.18 Å². The van der Waals surface area contributed by atoms with E-state index >= 15 is 0 Å². The minimum absolute atomic E-state index is 0.232. The number of aromatic nitrogens is 1. The molecule has 1 aliphatic rings. The molecule has 2 amide bonds. The van der Waals surface area contributed by atoms with Gasteiger partial charge in [-0.1, -0.05) is 18.2 Å². The molecule has 0 spiro atoms. The van der Waals surface area contributed by atoms with Crippen LogP contribution in [0.15, 0.2) is 29.4 Å². The number of hydrogen-bond acceptors (Lipinski definition) is 6. The Hall–Kier alpha value is -2.29. The zero-order valence-corrected chi connectivity index (χ0v) is 19.0. The second-order valence-electron chi connectivity index (χ2n) is 8.45. The smallest absolute Gasteiger partial charge is 0.411 e. The number of amides is 2. The van der Waals surface area contributed by atoms with Crippen LogP contribution in [-0.2, 0) is 14.9 Å². The van der Waals surface area contributed by atoms with Crippen LogP contribution in [0.4, 0.5) is 9.18 Å². The maximum atomic E-state index is 14.6. The molecule has 0 radical (unpaired) electrons. The number of carbonyl (C=O) groups excluding carboxylic acids is 2. The molecular weight excluding hydrogens is 407 g/mol. The number of rotatable bonds is 8. The molecule has 1 heterocycles. The lowest BCUT2D eigenvalue weighted by Gasteiger charge is -2.46. The third-order valence-corrected chi connectivity index (χ3v) is 6.10.